The van der Waals surface area contributed by atoms with E-state index in [9.17, 15) is 0 Å². The van der Waals surface area contributed by atoms with Gasteiger partial charge in [0.05, 0.1) is 6.04 Å². The third kappa shape index (κ3) is 8.49. The number of aliphatic imine (C=N–C) groups is 1. The molecule has 3 aliphatic rings. The molecule has 202 valence electrons. The molecule has 0 aromatic heterocycles. The van der Waals surface area contributed by atoms with Gasteiger partial charge in [0.15, 0.2) is 5.90 Å². The van der Waals surface area contributed by atoms with Crippen LogP contribution in [0.1, 0.15) is 58.3 Å². The Bertz CT molecular complexity index is 982. The minimum atomic E-state index is -0.446. The summed E-state index contributed by atoms with van der Waals surface area (Å²) >= 11 is 0. The van der Waals surface area contributed by atoms with Crippen molar-refractivity contribution in [3.63, 3.8) is 0 Å². The normalized spacial score (nSPS) is 22.2. The average molecular weight is 546 g/mol. The highest BCUT2D eigenvalue weighted by molar-refractivity contribution is 7.79. The molecule has 1 heterocycles. The van der Waals surface area contributed by atoms with Crippen molar-refractivity contribution in [2.75, 3.05) is 19.9 Å². The Morgan fingerprint density at radius 2 is 1.08 bits per heavy atom. The van der Waals surface area contributed by atoms with Crippen molar-refractivity contribution >= 4 is 37.7 Å². The van der Waals surface area contributed by atoms with Crippen LogP contribution in [0, 0.1) is 5.92 Å². The second-order valence-electron chi connectivity index (χ2n) is 10.8. The summed E-state index contributed by atoms with van der Waals surface area (Å²) in [5.41, 5.74) is 0.869. The van der Waals surface area contributed by atoms with Crippen LogP contribution in [0.15, 0.2) is 96.0 Å². The summed E-state index contributed by atoms with van der Waals surface area (Å²) in [6.45, 7) is 7.72. The van der Waals surface area contributed by atoms with Gasteiger partial charge in [0.2, 0.25) is 0 Å². The zero-order valence-corrected chi connectivity index (χ0v) is 25.3. The maximum atomic E-state index is 5.69. The van der Waals surface area contributed by atoms with Crippen molar-refractivity contribution in [2.45, 2.75) is 70.0 Å². The molecular weight excluding hydrogens is 500 g/mol. The summed E-state index contributed by atoms with van der Waals surface area (Å²) in [5, 5.41) is 4.19. The lowest BCUT2D eigenvalue weighted by Gasteiger charge is -2.22. The summed E-state index contributed by atoms with van der Waals surface area (Å²) in [4.78, 5) is 4.61. The molecule has 2 nitrogen and oxygen atoms in total. The molecule has 0 amide bonds. The first-order chi connectivity index (χ1) is 18.6. The molecule has 2 unspecified atom stereocenters. The van der Waals surface area contributed by atoms with E-state index in [4.69, 9.17) is 4.74 Å². The molecule has 3 aromatic rings. The zero-order valence-electron chi connectivity index (χ0n) is 23.5. The van der Waals surface area contributed by atoms with E-state index in [0.717, 1.165) is 18.2 Å². The van der Waals surface area contributed by atoms with Crippen molar-refractivity contribution < 1.29 is 4.74 Å². The molecule has 0 N–H and O–H groups in total. The molecule has 3 atom stereocenters. The summed E-state index contributed by atoms with van der Waals surface area (Å²) in [7, 11) is -0.278. The van der Waals surface area contributed by atoms with Crippen LogP contribution >= 0.6 is 15.8 Å². The van der Waals surface area contributed by atoms with E-state index in [-0.39, 0.29) is 7.92 Å². The number of hydrogen-bond donors (Lipinski definition) is 0. The molecule has 6 rings (SSSR count). The van der Waals surface area contributed by atoms with Crippen LogP contribution in [0.2, 0.25) is 0 Å². The van der Waals surface area contributed by atoms with Crippen LogP contribution in [-0.2, 0) is 4.74 Å². The van der Waals surface area contributed by atoms with Crippen molar-refractivity contribution in [3.05, 3.63) is 91.0 Å². The van der Waals surface area contributed by atoms with Gasteiger partial charge in [-0.3, -0.25) is 0 Å². The van der Waals surface area contributed by atoms with Crippen molar-refractivity contribution in [2.24, 2.45) is 10.9 Å². The van der Waals surface area contributed by atoms with Gasteiger partial charge in [-0.2, -0.15) is 0 Å². The minimum Gasteiger partial charge on any atom is -0.478 e. The lowest BCUT2D eigenvalue weighted by Crippen LogP contribution is -2.22. The highest BCUT2D eigenvalue weighted by Crippen LogP contribution is 2.47. The number of benzene rings is 3. The van der Waals surface area contributed by atoms with E-state index in [1.807, 2.05) is 0 Å². The molecule has 0 saturated heterocycles. The summed E-state index contributed by atoms with van der Waals surface area (Å²) < 4.78 is 5.69. The van der Waals surface area contributed by atoms with Gasteiger partial charge in [-0.25, -0.2) is 4.99 Å². The Morgan fingerprint density at radius 1 is 0.632 bits per heavy atom. The van der Waals surface area contributed by atoms with Gasteiger partial charge >= 0.3 is 0 Å². The Labute approximate surface area is 233 Å². The molecule has 1 aliphatic heterocycles. The van der Waals surface area contributed by atoms with Crippen LogP contribution < -0.4 is 15.9 Å². The van der Waals surface area contributed by atoms with E-state index in [1.165, 1.54) is 67.3 Å². The molecule has 2 aliphatic carbocycles. The van der Waals surface area contributed by atoms with E-state index >= 15 is 0 Å². The van der Waals surface area contributed by atoms with Gasteiger partial charge in [-0.15, -0.1) is 7.92 Å². The van der Waals surface area contributed by atoms with Crippen molar-refractivity contribution in [1.29, 1.82) is 0 Å². The summed E-state index contributed by atoms with van der Waals surface area (Å²) in [6, 6.07) is 32.7. The van der Waals surface area contributed by atoms with Gasteiger partial charge in [-0.1, -0.05) is 130 Å². The monoisotopic (exact) mass is 545 g/mol. The summed E-state index contributed by atoms with van der Waals surface area (Å²) in [5.74, 6) is 1.73. The van der Waals surface area contributed by atoms with Crippen LogP contribution in [0.25, 0.3) is 0 Å². The lowest BCUT2D eigenvalue weighted by molar-refractivity contribution is 0.303. The second kappa shape index (κ2) is 15.5. The predicted molar refractivity (Wildman–Crippen MR) is 171 cm³/mol. The summed E-state index contributed by atoms with van der Waals surface area (Å²) in [6.07, 6.45) is 11.6. The van der Waals surface area contributed by atoms with Crippen LogP contribution in [0.5, 0.6) is 0 Å². The first-order valence-corrected chi connectivity index (χ1v) is 18.1. The van der Waals surface area contributed by atoms with Crippen molar-refractivity contribution in [3.8, 4) is 0 Å². The molecule has 0 spiro atoms. The van der Waals surface area contributed by atoms with Gasteiger partial charge in [0.25, 0.3) is 0 Å². The molecule has 0 bridgehead atoms. The second-order valence-corrected chi connectivity index (χ2v) is 15.6. The third-order valence-electron chi connectivity index (χ3n) is 7.57. The molecule has 2 saturated carbocycles. The van der Waals surface area contributed by atoms with Crippen LogP contribution in [0.4, 0.5) is 0 Å². The van der Waals surface area contributed by atoms with E-state index in [0.29, 0.717) is 12.0 Å². The first kappa shape index (κ1) is 29.0. The molecule has 4 heteroatoms. The Morgan fingerprint density at radius 3 is 1.45 bits per heavy atom. The molecular formula is C34H45NOP2. The number of nitrogens with zero attached hydrogens (tertiary/aromatic N) is 1. The first-order valence-electron chi connectivity index (χ1n) is 14.5. The van der Waals surface area contributed by atoms with Gasteiger partial charge in [0.1, 0.15) is 6.61 Å². The third-order valence-corrected chi connectivity index (χ3v) is 12.0. The molecule has 3 aromatic carbocycles. The maximum Gasteiger partial charge on any atom is 0.187 e. The smallest absolute Gasteiger partial charge is 0.187 e. The number of ether oxygens (including phenoxy) is 1. The topological polar surface area (TPSA) is 21.6 Å². The fourth-order valence-corrected chi connectivity index (χ4v) is 9.61. The highest BCUT2D eigenvalue weighted by atomic mass is 31.1. The number of hydrogen-bond acceptors (Lipinski definition) is 2. The molecule has 38 heavy (non-hydrogen) atoms. The van der Waals surface area contributed by atoms with E-state index in [1.54, 1.807) is 0 Å². The van der Waals surface area contributed by atoms with Gasteiger partial charge in [0, 0.05) is 5.92 Å². The minimum absolute atomic E-state index is 0.168. The predicted octanol–water partition coefficient (Wildman–Crippen LogP) is 8.11. The molecule has 2 fully saturated rings. The Kier molecular flexibility index (Phi) is 11.9. The fraction of sp³-hybridized carbons (Fsp3) is 0.441. The Balaban J connectivity index is 0.000000154. The van der Waals surface area contributed by atoms with E-state index < -0.39 is 7.92 Å². The highest BCUT2D eigenvalue weighted by Gasteiger charge is 2.36. The SMILES string of the molecule is C1CCCC1.C[C@H]1COC(C2CCCC2P(C)C)=N1.c1ccc(P(c2ccccc2)c2ccccc2)cc1. The van der Waals surface area contributed by atoms with Crippen LogP contribution in [-0.4, -0.2) is 37.5 Å². The standard InChI is InChI=1S/C18H15P.C11H20NOP.C5H10/c1-4-10-16(11-5-1)19(17-12-6-2-7-13-17)18-14-8-3-9-15-18;1-8-7-13-11(12-8)9-5-4-6-10(9)14(2)3;1-2-4-5-3-1/h1-15H;8-10H,4-7H2,1-3H3;1-5H2/t;8-,9?,10?;/m.0./s1. The van der Waals surface area contributed by atoms with Crippen LogP contribution in [0.3, 0.4) is 0 Å². The Hall–Kier alpha value is -2.01. The maximum absolute atomic E-state index is 5.69. The van der Waals surface area contributed by atoms with E-state index in [2.05, 4.69) is 116 Å². The average Bonchev–Trinajstić information content (AvgIpc) is 3.75. The van der Waals surface area contributed by atoms with Gasteiger partial charge < -0.3 is 4.74 Å². The quantitative estimate of drug-likeness (QED) is 0.297. The largest absolute Gasteiger partial charge is 0.478 e. The molecule has 0 radical (unpaired) electrons. The zero-order chi connectivity index (χ0) is 26.6. The lowest BCUT2D eigenvalue weighted by atomic mass is 10.1. The van der Waals surface area contributed by atoms with Crippen molar-refractivity contribution in [1.82, 2.24) is 0 Å². The number of rotatable bonds is 5. The fourth-order valence-electron chi connectivity index (χ4n) is 5.61. The van der Waals surface area contributed by atoms with Gasteiger partial charge in [-0.05, 0) is 62.6 Å².